The Morgan fingerprint density at radius 2 is 1.48 bits per heavy atom. The third kappa shape index (κ3) is 5.91. The minimum Gasteiger partial charge on any atom is -0.355 e. The van der Waals surface area contributed by atoms with Crippen molar-refractivity contribution in [1.29, 1.82) is 0 Å². The molecule has 6 heteroatoms. The highest BCUT2D eigenvalue weighted by Crippen LogP contribution is 2.32. The molecule has 2 aromatic carbocycles. The van der Waals surface area contributed by atoms with E-state index in [2.05, 4.69) is 16.0 Å². The van der Waals surface area contributed by atoms with Crippen molar-refractivity contribution in [3.8, 4) is 0 Å². The van der Waals surface area contributed by atoms with E-state index in [4.69, 9.17) is 0 Å². The first kappa shape index (κ1) is 20.6. The van der Waals surface area contributed by atoms with Crippen LogP contribution in [0.5, 0.6) is 0 Å². The van der Waals surface area contributed by atoms with E-state index in [1.54, 1.807) is 0 Å². The minimum absolute atomic E-state index is 0.0509. The molecule has 152 valence electrons. The Labute approximate surface area is 171 Å². The highest BCUT2D eigenvalue weighted by molar-refractivity contribution is 5.87. The molecular formula is C23H27N3O3. The van der Waals surface area contributed by atoms with Crippen molar-refractivity contribution in [3.05, 3.63) is 71.8 Å². The van der Waals surface area contributed by atoms with Crippen LogP contribution in [-0.2, 0) is 27.5 Å². The van der Waals surface area contributed by atoms with Gasteiger partial charge in [0.05, 0.1) is 5.41 Å². The van der Waals surface area contributed by atoms with E-state index < -0.39 is 5.41 Å². The molecule has 1 atom stereocenters. The zero-order valence-electron chi connectivity index (χ0n) is 16.4. The largest absolute Gasteiger partial charge is 0.355 e. The summed E-state index contributed by atoms with van der Waals surface area (Å²) in [5, 5.41) is 8.69. The maximum Gasteiger partial charge on any atom is 0.228 e. The Morgan fingerprint density at radius 1 is 0.897 bits per heavy atom. The number of piperidine rings is 1. The van der Waals surface area contributed by atoms with Gasteiger partial charge in [-0.25, -0.2) is 0 Å². The van der Waals surface area contributed by atoms with Gasteiger partial charge in [0, 0.05) is 32.5 Å². The van der Waals surface area contributed by atoms with Gasteiger partial charge in [-0.15, -0.1) is 0 Å². The third-order valence-corrected chi connectivity index (χ3v) is 5.40. The lowest BCUT2D eigenvalue weighted by molar-refractivity contribution is -0.136. The number of nitrogens with one attached hydrogen (secondary N) is 3. The lowest BCUT2D eigenvalue weighted by Gasteiger charge is -2.35. The highest BCUT2D eigenvalue weighted by Gasteiger charge is 2.41. The fourth-order valence-electron chi connectivity index (χ4n) is 3.52. The van der Waals surface area contributed by atoms with Crippen LogP contribution >= 0.6 is 0 Å². The number of benzene rings is 2. The van der Waals surface area contributed by atoms with E-state index >= 15 is 0 Å². The van der Waals surface area contributed by atoms with Crippen LogP contribution in [-0.4, -0.2) is 24.3 Å². The minimum atomic E-state index is -0.757. The molecule has 0 aromatic heterocycles. The Balaban J connectivity index is 1.56. The zero-order chi connectivity index (χ0) is 20.5. The number of rotatable bonds is 8. The second-order valence-corrected chi connectivity index (χ2v) is 7.49. The van der Waals surface area contributed by atoms with E-state index in [0.29, 0.717) is 32.4 Å². The maximum atomic E-state index is 13.0. The molecule has 0 radical (unpaired) electrons. The molecular weight excluding hydrogens is 366 g/mol. The smallest absolute Gasteiger partial charge is 0.228 e. The van der Waals surface area contributed by atoms with Crippen molar-refractivity contribution in [3.63, 3.8) is 0 Å². The van der Waals surface area contributed by atoms with E-state index in [9.17, 15) is 14.4 Å². The molecule has 1 fully saturated rings. The van der Waals surface area contributed by atoms with Crippen LogP contribution in [0.25, 0.3) is 0 Å². The van der Waals surface area contributed by atoms with Crippen LogP contribution in [0, 0.1) is 5.41 Å². The lowest BCUT2D eigenvalue weighted by Crippen LogP contribution is -2.52. The summed E-state index contributed by atoms with van der Waals surface area (Å²) >= 11 is 0. The van der Waals surface area contributed by atoms with Crippen molar-refractivity contribution in [2.24, 2.45) is 5.41 Å². The fourth-order valence-corrected chi connectivity index (χ4v) is 3.52. The summed E-state index contributed by atoms with van der Waals surface area (Å²) in [7, 11) is 0. The van der Waals surface area contributed by atoms with Gasteiger partial charge in [-0.1, -0.05) is 60.7 Å². The predicted molar refractivity (Wildman–Crippen MR) is 110 cm³/mol. The fraction of sp³-hybridized carbons (Fsp3) is 0.348. The molecule has 1 heterocycles. The molecule has 1 aliphatic heterocycles. The lowest BCUT2D eigenvalue weighted by atomic mass is 9.75. The first-order valence-corrected chi connectivity index (χ1v) is 9.97. The van der Waals surface area contributed by atoms with Gasteiger partial charge in [0.2, 0.25) is 17.7 Å². The van der Waals surface area contributed by atoms with Gasteiger partial charge in [-0.3, -0.25) is 14.4 Å². The normalized spacial score (nSPS) is 18.6. The van der Waals surface area contributed by atoms with Crippen LogP contribution in [0.15, 0.2) is 60.7 Å². The monoisotopic (exact) mass is 393 g/mol. The van der Waals surface area contributed by atoms with Gasteiger partial charge in [0.15, 0.2) is 0 Å². The first-order valence-electron chi connectivity index (χ1n) is 9.97. The maximum absolute atomic E-state index is 13.0. The van der Waals surface area contributed by atoms with Crippen molar-refractivity contribution in [2.45, 2.75) is 38.8 Å². The van der Waals surface area contributed by atoms with E-state index in [1.165, 1.54) is 0 Å². The summed E-state index contributed by atoms with van der Waals surface area (Å²) in [6.07, 6.45) is 1.38. The molecule has 29 heavy (non-hydrogen) atoms. The second-order valence-electron chi connectivity index (χ2n) is 7.49. The van der Waals surface area contributed by atoms with E-state index in [-0.39, 0.29) is 30.7 Å². The topological polar surface area (TPSA) is 87.3 Å². The summed E-state index contributed by atoms with van der Waals surface area (Å²) in [5.41, 5.74) is 1.28. The SMILES string of the molecule is O=C(CC[C@]1(C(=O)NCc2ccccc2)CCC(=O)NC1)NCc1ccccc1. The van der Waals surface area contributed by atoms with Gasteiger partial charge < -0.3 is 16.0 Å². The molecule has 3 rings (SSSR count). The molecule has 3 N–H and O–H groups in total. The molecule has 0 unspecified atom stereocenters. The van der Waals surface area contributed by atoms with Crippen molar-refractivity contribution < 1.29 is 14.4 Å². The van der Waals surface area contributed by atoms with Gasteiger partial charge in [-0.2, -0.15) is 0 Å². The third-order valence-electron chi connectivity index (χ3n) is 5.40. The average molecular weight is 393 g/mol. The number of carbonyl (C=O) groups excluding carboxylic acids is 3. The average Bonchev–Trinajstić information content (AvgIpc) is 2.77. The van der Waals surface area contributed by atoms with Crippen molar-refractivity contribution >= 4 is 17.7 Å². The van der Waals surface area contributed by atoms with Gasteiger partial charge in [-0.05, 0) is 24.0 Å². The summed E-state index contributed by atoms with van der Waals surface area (Å²) in [4.78, 5) is 37.0. The number of carbonyl (C=O) groups is 3. The Hall–Kier alpha value is -3.15. The number of amides is 3. The molecule has 3 amide bonds. The van der Waals surface area contributed by atoms with Crippen LogP contribution < -0.4 is 16.0 Å². The summed E-state index contributed by atoms with van der Waals surface area (Å²) in [6, 6.07) is 19.4. The van der Waals surface area contributed by atoms with Gasteiger partial charge in [0.1, 0.15) is 0 Å². The molecule has 6 nitrogen and oxygen atoms in total. The van der Waals surface area contributed by atoms with Gasteiger partial charge >= 0.3 is 0 Å². The molecule has 0 saturated carbocycles. The van der Waals surface area contributed by atoms with Crippen LogP contribution in [0.1, 0.15) is 36.8 Å². The summed E-state index contributed by atoms with van der Waals surface area (Å²) < 4.78 is 0. The molecule has 0 aliphatic carbocycles. The Morgan fingerprint density at radius 3 is 2.03 bits per heavy atom. The number of hydrogen-bond acceptors (Lipinski definition) is 3. The van der Waals surface area contributed by atoms with Crippen LogP contribution in [0.3, 0.4) is 0 Å². The van der Waals surface area contributed by atoms with Crippen LogP contribution in [0.4, 0.5) is 0 Å². The van der Waals surface area contributed by atoms with Crippen molar-refractivity contribution in [2.75, 3.05) is 6.54 Å². The first-order chi connectivity index (χ1) is 14.1. The second kappa shape index (κ2) is 9.87. The molecule has 2 aromatic rings. The highest BCUT2D eigenvalue weighted by atomic mass is 16.2. The zero-order valence-corrected chi connectivity index (χ0v) is 16.4. The summed E-state index contributed by atoms with van der Waals surface area (Å²) in [6.45, 7) is 1.15. The van der Waals surface area contributed by atoms with E-state index in [1.807, 2.05) is 60.7 Å². The van der Waals surface area contributed by atoms with E-state index in [0.717, 1.165) is 11.1 Å². The van der Waals surface area contributed by atoms with Crippen molar-refractivity contribution in [1.82, 2.24) is 16.0 Å². The summed E-state index contributed by atoms with van der Waals surface area (Å²) in [5.74, 6) is -0.261. The quantitative estimate of drug-likeness (QED) is 0.643. The standard InChI is InChI=1S/C23H27N3O3/c27-20(24-15-18-7-3-1-4-8-18)11-13-23(14-12-21(28)26-17-23)22(29)25-16-19-9-5-2-6-10-19/h1-10H,11-17H2,(H,24,27)(H,25,29)(H,26,28)/t23-/m0/s1. The number of hydrogen-bond donors (Lipinski definition) is 3. The Bertz CT molecular complexity index is 827. The van der Waals surface area contributed by atoms with Crippen LogP contribution in [0.2, 0.25) is 0 Å². The molecule has 0 spiro atoms. The molecule has 1 aliphatic rings. The van der Waals surface area contributed by atoms with Gasteiger partial charge in [0.25, 0.3) is 0 Å². The Kier molecular flexibility index (Phi) is 7.00. The predicted octanol–water partition coefficient (Wildman–Crippen LogP) is 2.30. The molecule has 0 bridgehead atoms. The molecule has 1 saturated heterocycles.